The van der Waals surface area contributed by atoms with Crippen LogP contribution in [-0.2, 0) is 6.54 Å². The van der Waals surface area contributed by atoms with Crippen LogP contribution in [0.1, 0.15) is 18.2 Å². The maximum atomic E-state index is 6.09. The summed E-state index contributed by atoms with van der Waals surface area (Å²) in [6.07, 6.45) is 2.40. The van der Waals surface area contributed by atoms with Crippen LogP contribution in [0.25, 0.3) is 0 Å². The fraction of sp³-hybridized carbons (Fsp3) is 0.385. The van der Waals surface area contributed by atoms with Crippen LogP contribution in [0.15, 0.2) is 22.2 Å². The highest BCUT2D eigenvalue weighted by Gasteiger charge is 2.14. The first-order chi connectivity index (χ1) is 9.61. The molecule has 0 bridgehead atoms. The summed E-state index contributed by atoms with van der Waals surface area (Å²) in [5, 5.41) is 2.06. The van der Waals surface area contributed by atoms with Crippen molar-refractivity contribution in [3.8, 4) is 5.88 Å². The maximum Gasteiger partial charge on any atom is 0.242 e. The van der Waals surface area contributed by atoms with Crippen molar-refractivity contribution >= 4 is 38.8 Å². The molecule has 2 N–H and O–H groups in total. The molecule has 20 heavy (non-hydrogen) atoms. The van der Waals surface area contributed by atoms with Gasteiger partial charge in [0.1, 0.15) is 12.0 Å². The summed E-state index contributed by atoms with van der Waals surface area (Å²) < 4.78 is 6.61. The number of rotatable bonds is 6. The lowest BCUT2D eigenvalue weighted by Gasteiger charge is -2.19. The Bertz CT molecular complexity index is 575. The Morgan fingerprint density at radius 1 is 1.45 bits per heavy atom. The van der Waals surface area contributed by atoms with Crippen LogP contribution in [0.2, 0.25) is 0 Å². The summed E-state index contributed by atoms with van der Waals surface area (Å²) in [4.78, 5) is 11.6. The number of hydrogen-bond acceptors (Lipinski definition) is 6. The Balaban J connectivity index is 2.14. The van der Waals surface area contributed by atoms with Gasteiger partial charge in [-0.3, -0.25) is 0 Å². The van der Waals surface area contributed by atoms with Crippen LogP contribution < -0.4 is 15.4 Å². The number of thiophene rings is 1. The van der Waals surface area contributed by atoms with E-state index in [2.05, 4.69) is 37.3 Å². The summed E-state index contributed by atoms with van der Waals surface area (Å²) in [7, 11) is 1.95. The molecule has 0 aliphatic carbocycles. The number of hydrogen-bond donors (Lipinski definition) is 1. The highest BCUT2D eigenvalue weighted by molar-refractivity contribution is 9.10. The molecule has 0 radical (unpaired) electrons. The standard InChI is InChI=1S/C13H17BrN4OS/c1-3-4-19-13-11(15)12(16-8-17-13)18(2)6-10-5-9(14)7-20-10/h5,7-8H,3-4,6,15H2,1-2H3. The second-order valence-corrected chi connectivity index (χ2v) is 6.26. The number of aromatic nitrogens is 2. The van der Waals surface area contributed by atoms with Gasteiger partial charge >= 0.3 is 0 Å². The average molecular weight is 357 g/mol. The first-order valence-electron chi connectivity index (χ1n) is 6.29. The molecule has 108 valence electrons. The highest BCUT2D eigenvalue weighted by atomic mass is 79.9. The fourth-order valence-corrected chi connectivity index (χ4v) is 3.24. The smallest absolute Gasteiger partial charge is 0.242 e. The number of ether oxygens (including phenoxy) is 1. The van der Waals surface area contributed by atoms with Crippen molar-refractivity contribution in [2.24, 2.45) is 0 Å². The van der Waals surface area contributed by atoms with Crippen molar-refractivity contribution in [2.45, 2.75) is 19.9 Å². The third-order valence-corrected chi connectivity index (χ3v) is 4.33. The van der Waals surface area contributed by atoms with E-state index in [4.69, 9.17) is 10.5 Å². The molecule has 0 aliphatic heterocycles. The van der Waals surface area contributed by atoms with Crippen molar-refractivity contribution in [1.82, 2.24) is 9.97 Å². The van der Waals surface area contributed by atoms with Crippen LogP contribution in [0.5, 0.6) is 5.88 Å². The number of nitrogen functional groups attached to an aromatic ring is 1. The van der Waals surface area contributed by atoms with E-state index in [1.165, 1.54) is 11.2 Å². The zero-order valence-electron chi connectivity index (χ0n) is 11.5. The molecule has 0 fully saturated rings. The van der Waals surface area contributed by atoms with Crippen LogP contribution in [0.4, 0.5) is 11.5 Å². The largest absolute Gasteiger partial charge is 0.476 e. The normalized spacial score (nSPS) is 10.6. The highest BCUT2D eigenvalue weighted by Crippen LogP contribution is 2.29. The third-order valence-electron chi connectivity index (χ3n) is 2.65. The van der Waals surface area contributed by atoms with Crippen molar-refractivity contribution in [2.75, 3.05) is 24.3 Å². The molecule has 7 heteroatoms. The molecule has 0 saturated heterocycles. The first-order valence-corrected chi connectivity index (χ1v) is 7.96. The lowest BCUT2D eigenvalue weighted by atomic mass is 10.4. The van der Waals surface area contributed by atoms with E-state index in [-0.39, 0.29) is 0 Å². The zero-order valence-corrected chi connectivity index (χ0v) is 13.9. The Morgan fingerprint density at radius 3 is 2.90 bits per heavy atom. The van der Waals surface area contributed by atoms with E-state index in [0.29, 0.717) is 24.0 Å². The molecule has 0 unspecified atom stereocenters. The first kappa shape index (κ1) is 15.1. The minimum atomic E-state index is 0.455. The molecule has 2 aromatic rings. The van der Waals surface area contributed by atoms with E-state index < -0.39 is 0 Å². The van der Waals surface area contributed by atoms with Gasteiger partial charge < -0.3 is 15.4 Å². The van der Waals surface area contributed by atoms with Crippen LogP contribution in [0, 0.1) is 0 Å². The van der Waals surface area contributed by atoms with Crippen molar-refractivity contribution in [1.29, 1.82) is 0 Å². The number of nitrogens with two attached hydrogens (primary N) is 1. The van der Waals surface area contributed by atoms with Gasteiger partial charge in [-0.25, -0.2) is 4.98 Å². The second kappa shape index (κ2) is 6.90. The van der Waals surface area contributed by atoms with Gasteiger partial charge in [0.15, 0.2) is 5.82 Å². The molecule has 2 aromatic heterocycles. The van der Waals surface area contributed by atoms with Crippen molar-refractivity contribution in [3.05, 3.63) is 27.1 Å². The number of halogens is 1. The van der Waals surface area contributed by atoms with Gasteiger partial charge in [-0.2, -0.15) is 4.98 Å². The molecular weight excluding hydrogens is 340 g/mol. The Hall–Kier alpha value is -1.34. The van der Waals surface area contributed by atoms with Gasteiger partial charge in [-0.05, 0) is 28.4 Å². The molecule has 0 aromatic carbocycles. The molecule has 0 spiro atoms. The molecule has 5 nitrogen and oxygen atoms in total. The predicted octanol–water partition coefficient (Wildman–Crippen LogP) is 3.31. The molecule has 0 amide bonds. The van der Waals surface area contributed by atoms with E-state index in [9.17, 15) is 0 Å². The molecule has 0 aliphatic rings. The average Bonchev–Trinajstić information content (AvgIpc) is 2.83. The van der Waals surface area contributed by atoms with Gasteiger partial charge in [-0.15, -0.1) is 11.3 Å². The summed E-state index contributed by atoms with van der Waals surface area (Å²) in [5.41, 5.74) is 6.57. The Morgan fingerprint density at radius 2 is 2.25 bits per heavy atom. The minimum Gasteiger partial charge on any atom is -0.476 e. The fourth-order valence-electron chi connectivity index (χ4n) is 1.73. The van der Waals surface area contributed by atoms with Gasteiger partial charge in [0.25, 0.3) is 0 Å². The van der Waals surface area contributed by atoms with E-state index in [1.807, 2.05) is 18.9 Å². The SMILES string of the molecule is CCCOc1ncnc(N(C)Cc2cc(Br)cs2)c1N. The summed E-state index contributed by atoms with van der Waals surface area (Å²) in [5.74, 6) is 1.15. The van der Waals surface area contributed by atoms with Crippen LogP contribution >= 0.6 is 27.3 Å². The summed E-state index contributed by atoms with van der Waals surface area (Å²) >= 11 is 5.15. The molecule has 0 saturated carbocycles. The second-order valence-electron chi connectivity index (χ2n) is 4.35. The Kier molecular flexibility index (Phi) is 5.19. The summed E-state index contributed by atoms with van der Waals surface area (Å²) in [6.45, 7) is 3.38. The van der Waals surface area contributed by atoms with Gasteiger partial charge in [0, 0.05) is 21.8 Å². The van der Waals surface area contributed by atoms with E-state index in [1.54, 1.807) is 11.3 Å². The van der Waals surface area contributed by atoms with Gasteiger partial charge in [0.05, 0.1) is 13.2 Å². The maximum absolute atomic E-state index is 6.09. The van der Waals surface area contributed by atoms with E-state index >= 15 is 0 Å². The topological polar surface area (TPSA) is 64.3 Å². The van der Waals surface area contributed by atoms with Gasteiger partial charge in [0.2, 0.25) is 5.88 Å². The van der Waals surface area contributed by atoms with E-state index in [0.717, 1.165) is 17.4 Å². The predicted molar refractivity (Wildman–Crippen MR) is 86.4 cm³/mol. The Labute approximate surface area is 130 Å². The van der Waals surface area contributed by atoms with Crippen molar-refractivity contribution < 1.29 is 4.74 Å². The number of anilines is 2. The molecule has 0 atom stereocenters. The number of nitrogens with zero attached hydrogens (tertiary/aromatic N) is 3. The molecular formula is C13H17BrN4OS. The lowest BCUT2D eigenvalue weighted by Crippen LogP contribution is -2.19. The quantitative estimate of drug-likeness (QED) is 0.859. The zero-order chi connectivity index (χ0) is 14.5. The van der Waals surface area contributed by atoms with Crippen LogP contribution in [0.3, 0.4) is 0 Å². The summed E-state index contributed by atoms with van der Waals surface area (Å²) in [6, 6.07) is 2.09. The minimum absolute atomic E-state index is 0.455. The van der Waals surface area contributed by atoms with Crippen LogP contribution in [-0.4, -0.2) is 23.6 Å². The lowest BCUT2D eigenvalue weighted by molar-refractivity contribution is 0.306. The third kappa shape index (κ3) is 3.61. The molecule has 2 rings (SSSR count). The monoisotopic (exact) mass is 356 g/mol. The van der Waals surface area contributed by atoms with Crippen molar-refractivity contribution in [3.63, 3.8) is 0 Å². The van der Waals surface area contributed by atoms with Gasteiger partial charge in [-0.1, -0.05) is 6.92 Å². The molecule has 2 heterocycles.